The van der Waals surface area contributed by atoms with Gasteiger partial charge in [0.1, 0.15) is 0 Å². The summed E-state index contributed by atoms with van der Waals surface area (Å²) in [6, 6.07) is 58.0. The molecular formula is C43H26AlN3. The zero-order chi connectivity index (χ0) is 31.5. The highest BCUT2D eigenvalue weighted by Crippen LogP contribution is 2.38. The number of rotatable bonds is 4. The van der Waals surface area contributed by atoms with E-state index in [2.05, 4.69) is 183 Å². The minimum atomic E-state index is 0.646. The summed E-state index contributed by atoms with van der Waals surface area (Å²) in [5, 5.41) is 15.2. The number of para-hydroxylation sites is 3. The van der Waals surface area contributed by atoms with Gasteiger partial charge in [0.15, 0.2) is 16.3 Å². The molecule has 0 amide bonds. The number of aromatic nitrogens is 2. The molecule has 0 unspecified atom stereocenters. The first-order valence-electron chi connectivity index (χ1n) is 15.7. The Balaban J connectivity index is 1.26. The van der Waals surface area contributed by atoms with Crippen molar-refractivity contribution in [1.29, 1.82) is 5.26 Å². The average molecular weight is 612 g/mol. The van der Waals surface area contributed by atoms with E-state index < -0.39 is 0 Å². The van der Waals surface area contributed by atoms with Crippen LogP contribution in [-0.4, -0.2) is 25.4 Å². The van der Waals surface area contributed by atoms with Crippen molar-refractivity contribution >= 4 is 64.3 Å². The first-order chi connectivity index (χ1) is 23.2. The fourth-order valence-corrected chi connectivity index (χ4v) is 7.50. The number of nitrogens with zero attached hydrogens (tertiary/aromatic N) is 3. The van der Waals surface area contributed by atoms with Crippen LogP contribution in [0.15, 0.2) is 158 Å². The molecule has 0 aliphatic carbocycles. The van der Waals surface area contributed by atoms with Crippen LogP contribution in [0.3, 0.4) is 0 Å². The van der Waals surface area contributed by atoms with Gasteiger partial charge >= 0.3 is 0 Å². The van der Waals surface area contributed by atoms with Gasteiger partial charge in [0.2, 0.25) is 0 Å². The van der Waals surface area contributed by atoms with E-state index in [-0.39, 0.29) is 0 Å². The van der Waals surface area contributed by atoms with E-state index >= 15 is 0 Å². The number of hydrogen-bond donors (Lipinski definition) is 0. The van der Waals surface area contributed by atoms with Crippen molar-refractivity contribution in [3.8, 4) is 39.7 Å². The Kier molecular flexibility index (Phi) is 6.37. The second-order valence-corrected chi connectivity index (χ2v) is 12.6. The SMILES string of the molecule is N#Cc1cc(-n2c3ccccc3c3ccccc32)ccc1-c1ccc2c(c1)c1cc(-c3ccccc3)ccc1n2-c1cccc[c]1[Al]. The normalized spacial score (nSPS) is 11.5. The predicted molar refractivity (Wildman–Crippen MR) is 196 cm³/mol. The van der Waals surface area contributed by atoms with Crippen LogP contribution in [-0.2, 0) is 0 Å². The van der Waals surface area contributed by atoms with Gasteiger partial charge in [-0.2, -0.15) is 5.26 Å². The maximum absolute atomic E-state index is 10.5. The third kappa shape index (κ3) is 4.33. The van der Waals surface area contributed by atoms with Crippen molar-refractivity contribution in [1.82, 2.24) is 9.13 Å². The van der Waals surface area contributed by atoms with Gasteiger partial charge in [0.25, 0.3) is 0 Å². The largest absolute Gasteiger partial charge is 0.311 e. The smallest absolute Gasteiger partial charge is 0.179 e. The Bertz CT molecular complexity index is 2650. The topological polar surface area (TPSA) is 33.6 Å². The molecule has 0 aliphatic heterocycles. The Labute approximate surface area is 280 Å². The Morgan fingerprint density at radius 2 is 1.02 bits per heavy atom. The van der Waals surface area contributed by atoms with Crippen molar-refractivity contribution < 1.29 is 0 Å². The molecule has 47 heavy (non-hydrogen) atoms. The van der Waals surface area contributed by atoms with Crippen LogP contribution in [0.2, 0.25) is 0 Å². The fourth-order valence-electron chi connectivity index (χ4n) is 7.17. The molecule has 4 heteroatoms. The minimum Gasteiger partial charge on any atom is -0.311 e. The van der Waals surface area contributed by atoms with Gasteiger partial charge in [-0.15, -0.1) is 4.43 Å². The van der Waals surface area contributed by atoms with E-state index in [1.54, 1.807) is 0 Å². The van der Waals surface area contributed by atoms with Crippen molar-refractivity contribution in [3.63, 3.8) is 0 Å². The molecule has 0 saturated carbocycles. The molecule has 9 rings (SSSR count). The second kappa shape index (κ2) is 10.9. The van der Waals surface area contributed by atoms with Crippen molar-refractivity contribution in [2.45, 2.75) is 0 Å². The molecule has 0 N–H and O–H groups in total. The standard InChI is InChI=1S/C43H26N3.Al/c44-28-32-25-34(46-40-17-9-7-15-36(40)37-16-8-10-18-41(37)46)21-22-35(32)31-20-24-43-39(27-31)38-26-30(29-11-3-1-4-12-29)19-23-42(38)45(43)33-13-5-2-6-14-33;/h1-13,15-27H;. The molecule has 9 aromatic rings. The van der Waals surface area contributed by atoms with E-state index in [9.17, 15) is 5.26 Å². The highest BCUT2D eigenvalue weighted by atomic mass is 27.0. The van der Waals surface area contributed by atoms with Crippen LogP contribution in [0.5, 0.6) is 0 Å². The molecule has 0 saturated heterocycles. The molecule has 0 spiro atoms. The van der Waals surface area contributed by atoms with Crippen LogP contribution >= 0.6 is 0 Å². The van der Waals surface area contributed by atoms with Crippen LogP contribution in [0.1, 0.15) is 5.56 Å². The lowest BCUT2D eigenvalue weighted by atomic mass is 9.97. The van der Waals surface area contributed by atoms with Gasteiger partial charge in [-0.1, -0.05) is 103 Å². The summed E-state index contributed by atoms with van der Waals surface area (Å²) in [6.07, 6.45) is 0. The molecule has 3 nitrogen and oxygen atoms in total. The summed E-state index contributed by atoms with van der Waals surface area (Å²) in [5.41, 5.74) is 11.6. The first-order valence-corrected chi connectivity index (χ1v) is 16.3. The molecular weight excluding hydrogens is 585 g/mol. The third-order valence-electron chi connectivity index (χ3n) is 9.32. The molecule has 0 fully saturated rings. The minimum absolute atomic E-state index is 0.646. The molecule has 0 bridgehead atoms. The van der Waals surface area contributed by atoms with Crippen LogP contribution in [0.25, 0.3) is 77.2 Å². The highest BCUT2D eigenvalue weighted by molar-refractivity contribution is 6.35. The number of benzene rings is 7. The molecule has 2 heterocycles. The van der Waals surface area contributed by atoms with E-state index in [0.717, 1.165) is 54.4 Å². The zero-order valence-electron chi connectivity index (χ0n) is 25.4. The third-order valence-corrected chi connectivity index (χ3v) is 9.81. The molecule has 0 atom stereocenters. The lowest BCUT2D eigenvalue weighted by Crippen LogP contribution is -2.11. The van der Waals surface area contributed by atoms with Gasteiger partial charge in [-0.3, -0.25) is 0 Å². The Hall–Kier alpha value is -5.84. The van der Waals surface area contributed by atoms with E-state index in [1.165, 1.54) is 27.3 Å². The zero-order valence-corrected chi connectivity index (χ0v) is 26.6. The van der Waals surface area contributed by atoms with Crippen molar-refractivity contribution in [2.24, 2.45) is 0 Å². The second-order valence-electron chi connectivity index (χ2n) is 11.9. The molecule has 2 radical (unpaired) electrons. The van der Waals surface area contributed by atoms with Crippen molar-refractivity contribution in [2.75, 3.05) is 0 Å². The summed E-state index contributed by atoms with van der Waals surface area (Å²) in [5.74, 6) is 0. The summed E-state index contributed by atoms with van der Waals surface area (Å²) in [4.78, 5) is 0. The van der Waals surface area contributed by atoms with E-state index in [1.807, 2.05) is 6.07 Å². The molecule has 216 valence electrons. The number of fused-ring (bicyclic) bond motifs is 6. The lowest BCUT2D eigenvalue weighted by Gasteiger charge is -2.13. The van der Waals surface area contributed by atoms with Gasteiger partial charge in [0.05, 0.1) is 33.7 Å². The molecule has 7 aromatic carbocycles. The molecule has 0 aliphatic rings. The first kappa shape index (κ1) is 27.5. The van der Waals surface area contributed by atoms with Gasteiger partial charge in [-0.25, -0.2) is 0 Å². The summed E-state index contributed by atoms with van der Waals surface area (Å²) in [6.45, 7) is 0. The van der Waals surface area contributed by atoms with Crippen LogP contribution in [0, 0.1) is 11.3 Å². The van der Waals surface area contributed by atoms with Gasteiger partial charge in [0, 0.05) is 32.9 Å². The van der Waals surface area contributed by atoms with Crippen molar-refractivity contribution in [3.05, 3.63) is 163 Å². The van der Waals surface area contributed by atoms with E-state index in [0.29, 0.717) is 5.56 Å². The number of nitriles is 1. The monoisotopic (exact) mass is 611 g/mol. The number of hydrogen-bond acceptors (Lipinski definition) is 1. The van der Waals surface area contributed by atoms with E-state index in [4.69, 9.17) is 0 Å². The fraction of sp³-hybridized carbons (Fsp3) is 0. The summed E-state index contributed by atoms with van der Waals surface area (Å²) < 4.78 is 5.74. The van der Waals surface area contributed by atoms with Crippen LogP contribution < -0.4 is 4.43 Å². The maximum Gasteiger partial charge on any atom is 0.179 e. The Morgan fingerprint density at radius 1 is 0.447 bits per heavy atom. The summed E-state index contributed by atoms with van der Waals surface area (Å²) in [7, 11) is 0. The van der Waals surface area contributed by atoms with Gasteiger partial charge in [-0.05, 0) is 76.9 Å². The molecule has 2 aromatic heterocycles. The Morgan fingerprint density at radius 3 is 1.70 bits per heavy atom. The quantitative estimate of drug-likeness (QED) is 0.182. The summed E-state index contributed by atoms with van der Waals surface area (Å²) >= 11 is 2.89. The van der Waals surface area contributed by atoms with Crippen LogP contribution in [0.4, 0.5) is 0 Å². The highest BCUT2D eigenvalue weighted by Gasteiger charge is 2.18. The average Bonchev–Trinajstić information content (AvgIpc) is 3.64. The lowest BCUT2D eigenvalue weighted by molar-refractivity contribution is 1.18. The maximum atomic E-state index is 10.5. The predicted octanol–water partition coefficient (Wildman–Crippen LogP) is 9.88. The van der Waals surface area contributed by atoms with Gasteiger partial charge < -0.3 is 9.13 Å².